The number of rotatable bonds is 4. The second-order valence-corrected chi connectivity index (χ2v) is 8.50. The van der Waals surface area contributed by atoms with Gasteiger partial charge in [-0.1, -0.05) is 17.7 Å². The molecular formula is C22H24ClN5O4. The van der Waals surface area contributed by atoms with E-state index in [2.05, 4.69) is 20.9 Å². The van der Waals surface area contributed by atoms with Gasteiger partial charge in [0.1, 0.15) is 10.9 Å². The van der Waals surface area contributed by atoms with Gasteiger partial charge >= 0.3 is 6.03 Å². The highest BCUT2D eigenvalue weighted by Gasteiger charge is 2.30. The monoisotopic (exact) mass is 457 g/mol. The van der Waals surface area contributed by atoms with Crippen LogP contribution in [0.5, 0.6) is 5.75 Å². The Bertz CT molecular complexity index is 1080. The molecule has 9 nitrogen and oxygen atoms in total. The van der Waals surface area contributed by atoms with Crippen molar-refractivity contribution in [3.05, 3.63) is 52.3 Å². The number of anilines is 1. The second kappa shape index (κ2) is 9.04. The van der Waals surface area contributed by atoms with Gasteiger partial charge in [-0.2, -0.15) is 0 Å². The number of benzene rings is 1. The topological polar surface area (TPSA) is 124 Å². The normalized spacial score (nSPS) is 19.9. The third-order valence-electron chi connectivity index (χ3n) is 5.99. The predicted molar refractivity (Wildman–Crippen MR) is 119 cm³/mol. The van der Waals surface area contributed by atoms with Gasteiger partial charge < -0.3 is 26.0 Å². The second-order valence-electron chi connectivity index (χ2n) is 8.11. The Morgan fingerprint density at radius 1 is 1.28 bits per heavy atom. The van der Waals surface area contributed by atoms with Gasteiger partial charge in [0.2, 0.25) is 0 Å². The molecule has 4 amide bonds. The summed E-state index contributed by atoms with van der Waals surface area (Å²) in [6.45, 7) is 0.424. The van der Waals surface area contributed by atoms with Crippen molar-refractivity contribution in [1.29, 1.82) is 0 Å². The van der Waals surface area contributed by atoms with E-state index in [1.54, 1.807) is 24.1 Å². The Morgan fingerprint density at radius 2 is 2.09 bits per heavy atom. The van der Waals surface area contributed by atoms with Gasteiger partial charge in [-0.3, -0.25) is 9.59 Å². The molecule has 1 fully saturated rings. The first-order valence-corrected chi connectivity index (χ1v) is 10.8. The average molecular weight is 458 g/mol. The highest BCUT2D eigenvalue weighted by Crippen LogP contribution is 2.27. The third kappa shape index (κ3) is 4.62. The first-order chi connectivity index (χ1) is 15.3. The average Bonchev–Trinajstić information content (AvgIpc) is 2.79. The number of halogens is 1. The summed E-state index contributed by atoms with van der Waals surface area (Å²) < 4.78 is 0. The van der Waals surface area contributed by atoms with Crippen LogP contribution >= 0.6 is 11.6 Å². The Labute approximate surface area is 190 Å². The molecule has 2 aliphatic rings. The number of aromatic hydroxyl groups is 1. The van der Waals surface area contributed by atoms with Crippen molar-refractivity contribution in [3.63, 3.8) is 0 Å². The Morgan fingerprint density at radius 3 is 2.91 bits per heavy atom. The number of carbonyl (C=O) groups is 3. The Kier molecular flexibility index (Phi) is 6.18. The number of nitrogens with one attached hydrogen (secondary N) is 3. The van der Waals surface area contributed by atoms with Crippen LogP contribution in [0.25, 0.3) is 0 Å². The molecule has 0 radical (unpaired) electrons. The molecule has 1 aliphatic carbocycles. The minimum atomic E-state index is -0.425. The fourth-order valence-corrected chi connectivity index (χ4v) is 4.36. The molecule has 1 aliphatic heterocycles. The van der Waals surface area contributed by atoms with E-state index in [1.807, 2.05) is 6.07 Å². The maximum absolute atomic E-state index is 13.1. The van der Waals surface area contributed by atoms with Crippen molar-refractivity contribution in [1.82, 2.24) is 20.5 Å². The maximum atomic E-state index is 13.1. The molecule has 2 atom stereocenters. The summed E-state index contributed by atoms with van der Waals surface area (Å²) in [5.74, 6) is -0.803. The minimum Gasteiger partial charge on any atom is -0.505 e. The lowest BCUT2D eigenvalue weighted by molar-refractivity contribution is 0.0674. The van der Waals surface area contributed by atoms with Gasteiger partial charge in [0.05, 0.1) is 11.8 Å². The zero-order valence-electron chi connectivity index (χ0n) is 17.5. The van der Waals surface area contributed by atoms with Crippen LogP contribution in [0, 0.1) is 0 Å². The molecule has 2 aromatic rings. The molecule has 1 aromatic carbocycles. The molecule has 0 bridgehead atoms. The van der Waals surface area contributed by atoms with Gasteiger partial charge in [-0.05, 0) is 49.4 Å². The summed E-state index contributed by atoms with van der Waals surface area (Å²) in [6, 6.07) is 6.13. The van der Waals surface area contributed by atoms with E-state index in [0.29, 0.717) is 24.2 Å². The van der Waals surface area contributed by atoms with E-state index >= 15 is 0 Å². The molecule has 2 unspecified atom stereocenters. The number of amides is 4. The zero-order chi connectivity index (χ0) is 22.8. The SMILES string of the molecule is CN(C(=O)c1ccc2c(c1)NC(=O)NC2)C1CCCC(NC(=O)c2cc(Cl)ncc2O)C1. The first-order valence-electron chi connectivity index (χ1n) is 10.4. The zero-order valence-corrected chi connectivity index (χ0v) is 18.3. The molecule has 4 N–H and O–H groups in total. The van der Waals surface area contributed by atoms with Crippen LogP contribution in [0.15, 0.2) is 30.5 Å². The number of hydrogen-bond acceptors (Lipinski definition) is 5. The van der Waals surface area contributed by atoms with E-state index in [9.17, 15) is 19.5 Å². The third-order valence-corrected chi connectivity index (χ3v) is 6.20. The molecule has 0 saturated heterocycles. The lowest BCUT2D eigenvalue weighted by Crippen LogP contribution is -2.46. The molecule has 168 valence electrons. The number of aromatic nitrogens is 1. The Hall–Kier alpha value is -3.33. The van der Waals surface area contributed by atoms with Gasteiger partial charge in [0.25, 0.3) is 11.8 Å². The number of nitrogens with zero attached hydrogens (tertiary/aromatic N) is 2. The summed E-state index contributed by atoms with van der Waals surface area (Å²) in [7, 11) is 1.76. The van der Waals surface area contributed by atoms with Crippen LogP contribution in [-0.2, 0) is 6.54 Å². The van der Waals surface area contributed by atoms with E-state index in [1.165, 1.54) is 6.07 Å². The van der Waals surface area contributed by atoms with Gasteiger partial charge in [0.15, 0.2) is 0 Å². The van der Waals surface area contributed by atoms with E-state index in [-0.39, 0.29) is 40.5 Å². The molecule has 1 saturated carbocycles. The summed E-state index contributed by atoms with van der Waals surface area (Å²) in [6.07, 6.45) is 4.19. The van der Waals surface area contributed by atoms with Crippen molar-refractivity contribution in [3.8, 4) is 5.75 Å². The Balaban J connectivity index is 1.42. The largest absolute Gasteiger partial charge is 0.505 e. The van der Waals surface area contributed by atoms with Gasteiger partial charge in [0, 0.05) is 36.9 Å². The standard InChI is InChI=1S/C22H24ClN5O4/c1-28(21(31)12-5-6-13-10-25-22(32)27-17(13)7-12)15-4-2-3-14(8-15)26-20(30)16-9-19(23)24-11-18(16)29/h5-7,9,11,14-15,29H,2-4,8,10H2,1H3,(H,26,30)(H2,25,27,32). The lowest BCUT2D eigenvalue weighted by Gasteiger charge is -2.36. The number of fused-ring (bicyclic) bond motifs is 1. The van der Waals surface area contributed by atoms with Crippen molar-refractivity contribution in [2.24, 2.45) is 0 Å². The number of pyridine rings is 1. The van der Waals surface area contributed by atoms with Crippen LogP contribution in [0.3, 0.4) is 0 Å². The van der Waals surface area contributed by atoms with Crippen molar-refractivity contribution in [2.75, 3.05) is 12.4 Å². The van der Waals surface area contributed by atoms with E-state index in [4.69, 9.17) is 11.6 Å². The van der Waals surface area contributed by atoms with Crippen LogP contribution in [0.2, 0.25) is 5.15 Å². The molecule has 4 rings (SSSR count). The van der Waals surface area contributed by atoms with Crippen molar-refractivity contribution >= 4 is 35.1 Å². The number of hydrogen-bond donors (Lipinski definition) is 4. The van der Waals surface area contributed by atoms with Crippen LogP contribution in [0.4, 0.5) is 10.5 Å². The maximum Gasteiger partial charge on any atom is 0.319 e. The number of carbonyl (C=O) groups excluding carboxylic acids is 3. The molecule has 2 heterocycles. The van der Waals surface area contributed by atoms with Crippen molar-refractivity contribution in [2.45, 2.75) is 44.3 Å². The van der Waals surface area contributed by atoms with Gasteiger partial charge in [-0.25, -0.2) is 9.78 Å². The predicted octanol–water partition coefficient (Wildman–Crippen LogP) is 2.89. The summed E-state index contributed by atoms with van der Waals surface area (Å²) in [4.78, 5) is 42.7. The molecule has 0 spiro atoms. The summed E-state index contributed by atoms with van der Waals surface area (Å²) in [5, 5.41) is 18.4. The van der Waals surface area contributed by atoms with E-state index < -0.39 is 5.91 Å². The molecular weight excluding hydrogens is 434 g/mol. The highest BCUT2D eigenvalue weighted by atomic mass is 35.5. The quantitative estimate of drug-likeness (QED) is 0.525. The number of urea groups is 1. The van der Waals surface area contributed by atoms with Crippen LogP contribution in [-0.4, -0.2) is 52.0 Å². The summed E-state index contributed by atoms with van der Waals surface area (Å²) >= 11 is 5.84. The molecule has 10 heteroatoms. The fourth-order valence-electron chi connectivity index (χ4n) is 4.21. The molecule has 32 heavy (non-hydrogen) atoms. The fraction of sp³-hybridized carbons (Fsp3) is 0.364. The highest BCUT2D eigenvalue weighted by molar-refractivity contribution is 6.29. The smallest absolute Gasteiger partial charge is 0.319 e. The van der Waals surface area contributed by atoms with Crippen LogP contribution < -0.4 is 16.0 Å². The van der Waals surface area contributed by atoms with Crippen LogP contribution in [0.1, 0.15) is 52.0 Å². The summed E-state index contributed by atoms with van der Waals surface area (Å²) in [5.41, 5.74) is 2.12. The van der Waals surface area contributed by atoms with E-state index in [0.717, 1.165) is 31.0 Å². The molecule has 1 aromatic heterocycles. The first kappa shape index (κ1) is 21.9. The van der Waals surface area contributed by atoms with Gasteiger partial charge in [-0.15, -0.1) is 0 Å². The van der Waals surface area contributed by atoms with Crippen molar-refractivity contribution < 1.29 is 19.5 Å². The lowest BCUT2D eigenvalue weighted by atomic mass is 9.89. The minimum absolute atomic E-state index is 0.0523.